The van der Waals surface area contributed by atoms with Gasteiger partial charge in [0.2, 0.25) is 0 Å². The van der Waals surface area contributed by atoms with Crippen LogP contribution in [0.4, 0.5) is 10.5 Å². The number of nitrogens with one attached hydrogen (secondary N) is 1. The molecule has 154 valence electrons. The SMILES string of the molecule is O=C(CCCN1C(=O)NC2(CCCC2)C1=O)OCC(=O)N1CCc2ccccc21. The number of esters is 1. The Morgan fingerprint density at radius 1 is 1.14 bits per heavy atom. The number of amides is 4. The molecule has 0 bridgehead atoms. The summed E-state index contributed by atoms with van der Waals surface area (Å²) in [4.78, 5) is 51.9. The first-order valence-corrected chi connectivity index (χ1v) is 10.2. The maximum Gasteiger partial charge on any atom is 0.325 e. The molecule has 2 heterocycles. The first kappa shape index (κ1) is 19.4. The molecule has 0 unspecified atom stereocenters. The van der Waals surface area contributed by atoms with E-state index in [-0.39, 0.29) is 37.4 Å². The van der Waals surface area contributed by atoms with Gasteiger partial charge in [-0.1, -0.05) is 31.0 Å². The average molecular weight is 399 g/mol. The van der Waals surface area contributed by atoms with Crippen molar-refractivity contribution in [3.05, 3.63) is 29.8 Å². The number of hydrogen-bond donors (Lipinski definition) is 1. The fourth-order valence-corrected chi connectivity index (χ4v) is 4.47. The molecule has 1 saturated carbocycles. The van der Waals surface area contributed by atoms with Crippen molar-refractivity contribution in [2.45, 2.75) is 50.5 Å². The molecule has 29 heavy (non-hydrogen) atoms. The molecule has 1 aromatic carbocycles. The van der Waals surface area contributed by atoms with Gasteiger partial charge in [-0.15, -0.1) is 0 Å². The standard InChI is InChI=1S/C21H25N3O5/c25-17(23-13-9-15-6-1-2-7-16(15)23)14-29-18(26)8-5-12-24-19(27)21(22-20(24)28)10-3-4-11-21/h1-2,6-7H,3-5,8-14H2,(H,22,28). The van der Waals surface area contributed by atoms with Crippen LogP contribution in [0.3, 0.4) is 0 Å². The summed E-state index contributed by atoms with van der Waals surface area (Å²) < 4.78 is 5.11. The van der Waals surface area contributed by atoms with Gasteiger partial charge in [0.15, 0.2) is 6.61 Å². The molecule has 1 aromatic rings. The molecular weight excluding hydrogens is 374 g/mol. The van der Waals surface area contributed by atoms with Crippen molar-refractivity contribution in [2.75, 3.05) is 24.6 Å². The Balaban J connectivity index is 1.21. The molecule has 4 rings (SSSR count). The maximum absolute atomic E-state index is 12.6. The number of carbonyl (C=O) groups excluding carboxylic acids is 4. The van der Waals surface area contributed by atoms with Crippen molar-refractivity contribution in [3.63, 3.8) is 0 Å². The van der Waals surface area contributed by atoms with E-state index in [0.717, 1.165) is 30.5 Å². The lowest BCUT2D eigenvalue weighted by Crippen LogP contribution is -2.44. The summed E-state index contributed by atoms with van der Waals surface area (Å²) in [6, 6.07) is 7.31. The van der Waals surface area contributed by atoms with Crippen LogP contribution in [0.5, 0.6) is 0 Å². The van der Waals surface area contributed by atoms with Gasteiger partial charge in [-0.25, -0.2) is 4.79 Å². The number of anilines is 1. The highest BCUT2D eigenvalue weighted by atomic mass is 16.5. The number of benzene rings is 1. The highest BCUT2D eigenvalue weighted by Crippen LogP contribution is 2.35. The molecule has 1 spiro atoms. The van der Waals surface area contributed by atoms with Crippen LogP contribution in [0.2, 0.25) is 0 Å². The summed E-state index contributed by atoms with van der Waals surface area (Å²) in [6.45, 7) is 0.456. The molecule has 1 N–H and O–H groups in total. The first-order chi connectivity index (χ1) is 14.0. The van der Waals surface area contributed by atoms with Crippen LogP contribution in [-0.4, -0.2) is 54.0 Å². The number of urea groups is 1. The lowest BCUT2D eigenvalue weighted by Gasteiger charge is -2.20. The number of imide groups is 1. The molecule has 8 heteroatoms. The van der Waals surface area contributed by atoms with Crippen LogP contribution in [-0.2, 0) is 25.5 Å². The van der Waals surface area contributed by atoms with Crippen LogP contribution in [0.15, 0.2) is 24.3 Å². The number of fused-ring (bicyclic) bond motifs is 1. The zero-order chi connectivity index (χ0) is 20.4. The Morgan fingerprint density at radius 3 is 2.69 bits per heavy atom. The number of para-hydroxylation sites is 1. The van der Waals surface area contributed by atoms with E-state index in [0.29, 0.717) is 25.8 Å². The van der Waals surface area contributed by atoms with Crippen LogP contribution in [0.1, 0.15) is 44.1 Å². The molecule has 3 aliphatic rings. The summed E-state index contributed by atoms with van der Waals surface area (Å²) in [5.41, 5.74) is 1.25. The summed E-state index contributed by atoms with van der Waals surface area (Å²) >= 11 is 0. The predicted molar refractivity (Wildman–Crippen MR) is 104 cm³/mol. The van der Waals surface area contributed by atoms with Crippen molar-refractivity contribution in [1.82, 2.24) is 10.2 Å². The zero-order valence-electron chi connectivity index (χ0n) is 16.3. The van der Waals surface area contributed by atoms with Crippen LogP contribution in [0.25, 0.3) is 0 Å². The fraction of sp³-hybridized carbons (Fsp3) is 0.524. The maximum atomic E-state index is 12.6. The Hall–Kier alpha value is -2.90. The molecular formula is C21H25N3O5. The Kier molecular flexibility index (Phi) is 5.25. The van der Waals surface area contributed by atoms with E-state index in [9.17, 15) is 19.2 Å². The third-order valence-corrected chi connectivity index (χ3v) is 6.01. The number of rotatable bonds is 6. The van der Waals surface area contributed by atoms with Gasteiger partial charge in [-0.2, -0.15) is 0 Å². The molecule has 8 nitrogen and oxygen atoms in total. The van der Waals surface area contributed by atoms with Gasteiger partial charge >= 0.3 is 12.0 Å². The fourth-order valence-electron chi connectivity index (χ4n) is 4.47. The lowest BCUT2D eigenvalue weighted by atomic mass is 9.98. The molecule has 4 amide bonds. The van der Waals surface area contributed by atoms with Gasteiger partial charge < -0.3 is 15.0 Å². The van der Waals surface area contributed by atoms with Crippen molar-refractivity contribution >= 4 is 29.5 Å². The number of carbonyl (C=O) groups is 4. The quantitative estimate of drug-likeness (QED) is 0.581. The van der Waals surface area contributed by atoms with Crippen LogP contribution < -0.4 is 10.2 Å². The van der Waals surface area contributed by atoms with E-state index in [1.54, 1.807) is 4.90 Å². The number of hydrogen-bond acceptors (Lipinski definition) is 5. The topological polar surface area (TPSA) is 96.0 Å². The second-order valence-corrected chi connectivity index (χ2v) is 7.86. The minimum absolute atomic E-state index is 0.0495. The molecule has 2 aliphatic heterocycles. The van der Waals surface area contributed by atoms with Crippen molar-refractivity contribution in [2.24, 2.45) is 0 Å². The first-order valence-electron chi connectivity index (χ1n) is 10.2. The van der Waals surface area contributed by atoms with E-state index in [4.69, 9.17) is 4.74 Å². The van der Waals surface area contributed by atoms with E-state index in [2.05, 4.69) is 5.32 Å². The smallest absolute Gasteiger partial charge is 0.325 e. The summed E-state index contributed by atoms with van der Waals surface area (Å²) in [6.07, 6.45) is 4.38. The van der Waals surface area contributed by atoms with Gasteiger partial charge in [0.25, 0.3) is 11.8 Å². The van der Waals surface area contributed by atoms with E-state index in [1.165, 1.54) is 4.90 Å². The van der Waals surface area contributed by atoms with Gasteiger partial charge in [-0.05, 0) is 37.3 Å². The predicted octanol–water partition coefficient (Wildman–Crippen LogP) is 1.76. The lowest BCUT2D eigenvalue weighted by molar-refractivity contribution is -0.148. The van der Waals surface area contributed by atoms with Gasteiger partial charge in [-0.3, -0.25) is 19.3 Å². The third-order valence-electron chi connectivity index (χ3n) is 6.01. The van der Waals surface area contributed by atoms with Crippen LogP contribution >= 0.6 is 0 Å². The largest absolute Gasteiger partial charge is 0.456 e. The minimum Gasteiger partial charge on any atom is -0.456 e. The zero-order valence-corrected chi connectivity index (χ0v) is 16.3. The highest BCUT2D eigenvalue weighted by molar-refractivity contribution is 6.07. The normalized spacial score (nSPS) is 19.6. The number of nitrogens with zero attached hydrogens (tertiary/aromatic N) is 2. The monoisotopic (exact) mass is 399 g/mol. The van der Waals surface area contributed by atoms with Crippen LogP contribution in [0, 0.1) is 0 Å². The molecule has 1 aliphatic carbocycles. The van der Waals surface area contributed by atoms with Crippen molar-refractivity contribution in [1.29, 1.82) is 0 Å². The Labute approximate surface area is 169 Å². The molecule has 1 saturated heterocycles. The molecule has 0 aromatic heterocycles. The number of ether oxygens (including phenoxy) is 1. The molecule has 2 fully saturated rings. The molecule has 0 radical (unpaired) electrons. The van der Waals surface area contributed by atoms with Crippen molar-refractivity contribution in [3.8, 4) is 0 Å². The second kappa shape index (κ2) is 7.85. The Morgan fingerprint density at radius 2 is 1.90 bits per heavy atom. The highest BCUT2D eigenvalue weighted by Gasteiger charge is 2.52. The van der Waals surface area contributed by atoms with Crippen molar-refractivity contribution < 1.29 is 23.9 Å². The third kappa shape index (κ3) is 3.71. The average Bonchev–Trinajstić information content (AvgIpc) is 3.41. The second-order valence-electron chi connectivity index (χ2n) is 7.86. The summed E-state index contributed by atoms with van der Waals surface area (Å²) in [5, 5.41) is 2.82. The van der Waals surface area contributed by atoms with E-state index >= 15 is 0 Å². The van der Waals surface area contributed by atoms with Gasteiger partial charge in [0, 0.05) is 25.2 Å². The van der Waals surface area contributed by atoms with E-state index < -0.39 is 11.5 Å². The minimum atomic E-state index is -0.726. The summed E-state index contributed by atoms with van der Waals surface area (Å²) in [5.74, 6) is -0.940. The molecule has 0 atom stereocenters. The van der Waals surface area contributed by atoms with Gasteiger partial charge in [0.05, 0.1) is 0 Å². The summed E-state index contributed by atoms with van der Waals surface area (Å²) in [7, 11) is 0. The Bertz CT molecular complexity index is 846. The van der Waals surface area contributed by atoms with E-state index in [1.807, 2.05) is 24.3 Å². The van der Waals surface area contributed by atoms with Gasteiger partial charge in [0.1, 0.15) is 5.54 Å².